The summed E-state index contributed by atoms with van der Waals surface area (Å²) in [6.07, 6.45) is 0.882. The van der Waals surface area contributed by atoms with Crippen molar-refractivity contribution in [3.05, 3.63) is 35.9 Å². The predicted molar refractivity (Wildman–Crippen MR) is 48.6 cm³/mol. The van der Waals surface area contributed by atoms with Crippen molar-refractivity contribution in [2.45, 2.75) is 13.5 Å². The van der Waals surface area contributed by atoms with Crippen LogP contribution >= 0.6 is 0 Å². The molecule has 0 unspecified atom stereocenters. The van der Waals surface area contributed by atoms with Crippen molar-refractivity contribution in [3.8, 4) is 0 Å². The molecule has 0 atom stereocenters. The Morgan fingerprint density at radius 3 is 2.50 bits per heavy atom. The van der Waals surface area contributed by atoms with Gasteiger partial charge < -0.3 is 4.90 Å². The van der Waals surface area contributed by atoms with Crippen LogP contribution in [-0.2, 0) is 11.3 Å². The molecule has 2 heteroatoms. The van der Waals surface area contributed by atoms with Gasteiger partial charge in [0.25, 0.3) is 0 Å². The molecule has 0 aliphatic heterocycles. The number of carbonyl (C=O) groups is 1. The highest BCUT2D eigenvalue weighted by Crippen LogP contribution is 2.01. The minimum absolute atomic E-state index is 0.709. The van der Waals surface area contributed by atoms with E-state index < -0.39 is 0 Å². The molecule has 0 aromatic heterocycles. The largest absolute Gasteiger partial charge is 0.341 e. The van der Waals surface area contributed by atoms with Gasteiger partial charge in [0, 0.05) is 13.1 Å². The Morgan fingerprint density at radius 2 is 2.00 bits per heavy atom. The van der Waals surface area contributed by atoms with Crippen molar-refractivity contribution in [1.82, 2.24) is 4.90 Å². The molecule has 0 aliphatic carbocycles. The van der Waals surface area contributed by atoms with E-state index in [2.05, 4.69) is 0 Å². The maximum atomic E-state index is 10.5. The average molecular weight is 163 g/mol. The van der Waals surface area contributed by atoms with Gasteiger partial charge in [-0.05, 0) is 12.5 Å². The topological polar surface area (TPSA) is 20.3 Å². The number of nitrogens with zero attached hydrogens (tertiary/aromatic N) is 1. The minimum Gasteiger partial charge on any atom is -0.341 e. The van der Waals surface area contributed by atoms with Gasteiger partial charge in [-0.1, -0.05) is 30.3 Å². The van der Waals surface area contributed by atoms with Gasteiger partial charge in [0.15, 0.2) is 0 Å². The van der Waals surface area contributed by atoms with Crippen LogP contribution in [0.15, 0.2) is 30.3 Å². The molecule has 0 bridgehead atoms. The number of benzene rings is 1. The molecule has 1 aromatic rings. The summed E-state index contributed by atoms with van der Waals surface area (Å²) in [5.41, 5.74) is 1.17. The van der Waals surface area contributed by atoms with Crippen LogP contribution in [0.1, 0.15) is 12.5 Å². The predicted octanol–water partition coefficient (Wildman–Crippen LogP) is 1.66. The van der Waals surface area contributed by atoms with Crippen molar-refractivity contribution < 1.29 is 4.79 Å². The van der Waals surface area contributed by atoms with E-state index in [0.717, 1.165) is 13.0 Å². The van der Waals surface area contributed by atoms with Crippen LogP contribution in [-0.4, -0.2) is 17.9 Å². The summed E-state index contributed by atoms with van der Waals surface area (Å²) < 4.78 is 0. The molecule has 0 aliphatic rings. The third-order valence-corrected chi connectivity index (χ3v) is 1.78. The molecule has 12 heavy (non-hydrogen) atoms. The first-order chi connectivity index (χ1) is 5.86. The minimum atomic E-state index is 0.709. The van der Waals surface area contributed by atoms with Crippen molar-refractivity contribution in [2.75, 3.05) is 6.54 Å². The van der Waals surface area contributed by atoms with Crippen LogP contribution in [0.3, 0.4) is 0 Å². The van der Waals surface area contributed by atoms with Crippen molar-refractivity contribution in [2.24, 2.45) is 0 Å². The molecule has 1 rings (SSSR count). The molecule has 0 saturated heterocycles. The first-order valence-corrected chi connectivity index (χ1v) is 4.10. The van der Waals surface area contributed by atoms with Gasteiger partial charge in [-0.15, -0.1) is 0 Å². The van der Waals surface area contributed by atoms with E-state index in [1.807, 2.05) is 37.3 Å². The lowest BCUT2D eigenvalue weighted by atomic mass is 10.2. The summed E-state index contributed by atoms with van der Waals surface area (Å²) in [6, 6.07) is 9.97. The van der Waals surface area contributed by atoms with E-state index in [4.69, 9.17) is 0 Å². The summed E-state index contributed by atoms with van der Waals surface area (Å²) in [5.74, 6) is 0. The zero-order valence-corrected chi connectivity index (χ0v) is 7.23. The lowest BCUT2D eigenvalue weighted by Crippen LogP contribution is -2.20. The summed E-state index contributed by atoms with van der Waals surface area (Å²) in [4.78, 5) is 12.2. The van der Waals surface area contributed by atoms with Gasteiger partial charge in [-0.25, -0.2) is 0 Å². The van der Waals surface area contributed by atoms with Crippen LogP contribution in [0.4, 0.5) is 0 Å². The Bertz CT molecular complexity index is 233. The number of hydrogen-bond acceptors (Lipinski definition) is 1. The molecule has 0 fully saturated rings. The molecule has 0 heterocycles. The molecule has 0 N–H and O–H groups in total. The van der Waals surface area contributed by atoms with Gasteiger partial charge in [0.05, 0.1) is 0 Å². The normalized spacial score (nSPS) is 9.42. The maximum absolute atomic E-state index is 10.5. The first-order valence-electron chi connectivity index (χ1n) is 4.10. The fourth-order valence-electron chi connectivity index (χ4n) is 1.04. The van der Waals surface area contributed by atoms with E-state index >= 15 is 0 Å². The summed E-state index contributed by atoms with van der Waals surface area (Å²) in [5, 5.41) is 0. The van der Waals surface area contributed by atoms with Gasteiger partial charge in [0.1, 0.15) is 0 Å². The third-order valence-electron chi connectivity index (χ3n) is 1.78. The fraction of sp³-hybridized carbons (Fsp3) is 0.300. The number of amides is 1. The molecule has 0 spiro atoms. The molecular weight excluding hydrogens is 150 g/mol. The van der Waals surface area contributed by atoms with Crippen LogP contribution in [0.5, 0.6) is 0 Å². The summed E-state index contributed by atoms with van der Waals surface area (Å²) >= 11 is 0. The average Bonchev–Trinajstić information content (AvgIpc) is 2.16. The lowest BCUT2D eigenvalue weighted by Gasteiger charge is -2.13. The monoisotopic (exact) mass is 163 g/mol. The Hall–Kier alpha value is -1.31. The second kappa shape index (κ2) is 4.54. The molecule has 0 radical (unpaired) electrons. The fourth-order valence-corrected chi connectivity index (χ4v) is 1.04. The Labute approximate surface area is 72.8 Å². The third kappa shape index (κ3) is 2.38. The summed E-state index contributed by atoms with van der Waals surface area (Å²) in [7, 11) is 0. The molecule has 64 valence electrons. The van der Waals surface area contributed by atoms with Gasteiger partial charge in [-0.3, -0.25) is 4.79 Å². The smallest absolute Gasteiger partial charge is 0.209 e. The lowest BCUT2D eigenvalue weighted by molar-refractivity contribution is -0.118. The van der Waals surface area contributed by atoms with E-state index in [-0.39, 0.29) is 0 Å². The first kappa shape index (κ1) is 8.78. The van der Waals surface area contributed by atoms with Crippen molar-refractivity contribution >= 4 is 6.41 Å². The zero-order chi connectivity index (χ0) is 8.81. The molecule has 1 amide bonds. The molecular formula is C10H13NO. The van der Waals surface area contributed by atoms with Crippen LogP contribution in [0.2, 0.25) is 0 Å². The van der Waals surface area contributed by atoms with Gasteiger partial charge in [0.2, 0.25) is 6.41 Å². The highest BCUT2D eigenvalue weighted by Gasteiger charge is 1.97. The quantitative estimate of drug-likeness (QED) is 0.618. The van der Waals surface area contributed by atoms with Crippen LogP contribution in [0, 0.1) is 0 Å². The maximum Gasteiger partial charge on any atom is 0.209 e. The van der Waals surface area contributed by atoms with Crippen LogP contribution < -0.4 is 0 Å². The van der Waals surface area contributed by atoms with Crippen molar-refractivity contribution in [3.63, 3.8) is 0 Å². The molecule has 0 saturated carbocycles. The highest BCUT2D eigenvalue weighted by molar-refractivity contribution is 5.47. The van der Waals surface area contributed by atoms with E-state index in [9.17, 15) is 4.79 Å². The SMILES string of the molecule is CCN(C=O)Cc1ccccc1. The summed E-state index contributed by atoms with van der Waals surface area (Å²) in [6.45, 7) is 3.44. The van der Waals surface area contributed by atoms with Crippen LogP contribution in [0.25, 0.3) is 0 Å². The Kier molecular flexibility index (Phi) is 3.33. The van der Waals surface area contributed by atoms with Gasteiger partial charge in [-0.2, -0.15) is 0 Å². The molecule has 2 nitrogen and oxygen atoms in total. The van der Waals surface area contributed by atoms with E-state index in [1.165, 1.54) is 5.56 Å². The highest BCUT2D eigenvalue weighted by atomic mass is 16.1. The van der Waals surface area contributed by atoms with E-state index in [1.54, 1.807) is 4.90 Å². The number of carbonyl (C=O) groups excluding carboxylic acids is 1. The Balaban J connectivity index is 2.56. The standard InChI is InChI=1S/C10H13NO/c1-2-11(9-12)8-10-6-4-3-5-7-10/h3-7,9H,2,8H2,1H3. The Morgan fingerprint density at radius 1 is 1.33 bits per heavy atom. The van der Waals surface area contributed by atoms with E-state index in [0.29, 0.717) is 6.54 Å². The number of hydrogen-bond donors (Lipinski definition) is 0. The van der Waals surface area contributed by atoms with Gasteiger partial charge >= 0.3 is 0 Å². The molecule has 1 aromatic carbocycles. The second-order valence-electron chi connectivity index (χ2n) is 2.65. The number of rotatable bonds is 4. The zero-order valence-electron chi connectivity index (χ0n) is 7.23. The van der Waals surface area contributed by atoms with Crippen molar-refractivity contribution in [1.29, 1.82) is 0 Å². The second-order valence-corrected chi connectivity index (χ2v) is 2.65.